The summed E-state index contributed by atoms with van der Waals surface area (Å²) in [6.45, 7) is 9.47. The number of rotatable bonds is 13. The first-order chi connectivity index (χ1) is 21.3. The monoisotopic (exact) mass is 625 g/mol. The molecule has 0 bridgehead atoms. The number of hydrogen-bond donors (Lipinski definition) is 4. The lowest BCUT2D eigenvalue weighted by Crippen LogP contribution is -2.61. The first-order valence-corrected chi connectivity index (χ1v) is 16.2. The highest BCUT2D eigenvalue weighted by atomic mass is 16.2. The van der Waals surface area contributed by atoms with Gasteiger partial charge in [0.25, 0.3) is 11.8 Å². The summed E-state index contributed by atoms with van der Waals surface area (Å²) in [6, 6.07) is -3.74. The molecule has 246 valence electrons. The zero-order valence-corrected chi connectivity index (χ0v) is 26.9. The van der Waals surface area contributed by atoms with E-state index in [1.165, 1.54) is 18.6 Å². The molecule has 5 amide bonds. The summed E-state index contributed by atoms with van der Waals surface area (Å²) in [5, 5.41) is 11.1. The Morgan fingerprint density at radius 2 is 1.69 bits per heavy atom. The van der Waals surface area contributed by atoms with E-state index in [1.807, 2.05) is 27.7 Å². The second kappa shape index (κ2) is 14.5. The molecule has 1 aromatic rings. The summed E-state index contributed by atoms with van der Waals surface area (Å²) >= 11 is 0. The van der Waals surface area contributed by atoms with Gasteiger partial charge in [0.1, 0.15) is 23.8 Å². The van der Waals surface area contributed by atoms with Gasteiger partial charge >= 0.3 is 0 Å². The average molecular weight is 626 g/mol. The standard InChI is InChI=1S/C32H47N7O6/c1-6-9-22(25(40)30(44)35-19-12-13-19)37-29(43)24-20-11-8-10-18(20)17-39(24)31(45)26(32(3,4)5)38-27(41)21(7-2)36-28(42)23-16-33-14-15-34-23/h14-16,18-22,24,26H,6-13,17H2,1-5H3,(H,35,44)(H,36,42)(H,37,43)(H,38,41)/t18-,20-,21-,22?,24-,26+/m0/s1. The third-order valence-electron chi connectivity index (χ3n) is 9.01. The Kier molecular flexibility index (Phi) is 10.9. The van der Waals surface area contributed by atoms with Gasteiger partial charge in [-0.3, -0.25) is 33.8 Å². The highest BCUT2D eigenvalue weighted by molar-refractivity contribution is 6.38. The van der Waals surface area contributed by atoms with Crippen LogP contribution in [0.25, 0.3) is 0 Å². The first kappa shape index (κ1) is 34.0. The fourth-order valence-corrected chi connectivity index (χ4v) is 6.38. The first-order valence-electron chi connectivity index (χ1n) is 16.2. The van der Waals surface area contributed by atoms with Crippen LogP contribution in [0.3, 0.4) is 0 Å². The Bertz CT molecular complexity index is 1280. The SMILES string of the molecule is CCCC(NC(=O)[C@@H]1[C@H]2CCC[C@H]2CN1C(=O)[C@@H](NC(=O)[C@H](CC)NC(=O)c1cnccn1)C(C)(C)C)C(=O)C(=O)NC1CC1. The highest BCUT2D eigenvalue weighted by Gasteiger charge is 2.52. The molecule has 0 aromatic carbocycles. The molecule has 4 N–H and O–H groups in total. The summed E-state index contributed by atoms with van der Waals surface area (Å²) in [6.07, 6.45) is 9.52. The molecule has 13 nitrogen and oxygen atoms in total. The lowest BCUT2D eigenvalue weighted by molar-refractivity contribution is -0.146. The normalized spacial score (nSPS) is 22.9. The maximum absolute atomic E-state index is 14.3. The van der Waals surface area contributed by atoms with E-state index in [4.69, 9.17) is 0 Å². The Labute approximate surface area is 264 Å². The minimum atomic E-state index is -1.00. The highest BCUT2D eigenvalue weighted by Crippen LogP contribution is 2.43. The van der Waals surface area contributed by atoms with Crippen molar-refractivity contribution >= 4 is 35.3 Å². The number of likely N-dealkylation sites (tertiary alicyclic amines) is 1. The third kappa shape index (κ3) is 8.23. The molecule has 2 aliphatic carbocycles. The van der Waals surface area contributed by atoms with E-state index in [1.54, 1.807) is 11.8 Å². The molecule has 2 saturated carbocycles. The summed E-state index contributed by atoms with van der Waals surface area (Å²) in [5.41, 5.74) is -0.671. The molecule has 1 aromatic heterocycles. The van der Waals surface area contributed by atoms with Crippen molar-refractivity contribution in [3.8, 4) is 0 Å². The van der Waals surface area contributed by atoms with E-state index >= 15 is 0 Å². The quantitative estimate of drug-likeness (QED) is 0.237. The number of ketones is 1. The van der Waals surface area contributed by atoms with Gasteiger partial charge in [-0.15, -0.1) is 0 Å². The number of fused-ring (bicyclic) bond motifs is 1. The molecule has 2 heterocycles. The molecule has 1 unspecified atom stereocenters. The molecule has 13 heteroatoms. The summed E-state index contributed by atoms with van der Waals surface area (Å²) in [4.78, 5) is 89.4. The molecule has 0 spiro atoms. The smallest absolute Gasteiger partial charge is 0.289 e. The van der Waals surface area contributed by atoms with Crippen LogP contribution in [0.2, 0.25) is 0 Å². The maximum atomic E-state index is 14.3. The van der Waals surface area contributed by atoms with Crippen molar-refractivity contribution in [3.63, 3.8) is 0 Å². The Hall–Kier alpha value is -3.90. The minimum Gasteiger partial charge on any atom is -0.347 e. The number of carbonyl (C=O) groups is 6. The largest absolute Gasteiger partial charge is 0.347 e. The van der Waals surface area contributed by atoms with Crippen LogP contribution in [0.15, 0.2) is 18.6 Å². The number of nitrogens with one attached hydrogen (secondary N) is 4. The molecular formula is C32H47N7O6. The van der Waals surface area contributed by atoms with Crippen molar-refractivity contribution in [1.29, 1.82) is 0 Å². The van der Waals surface area contributed by atoms with E-state index in [0.29, 0.717) is 19.4 Å². The van der Waals surface area contributed by atoms with E-state index in [-0.39, 0.29) is 30.0 Å². The third-order valence-corrected chi connectivity index (χ3v) is 9.01. The molecule has 6 atom stereocenters. The van der Waals surface area contributed by atoms with Crippen LogP contribution >= 0.6 is 0 Å². The van der Waals surface area contributed by atoms with Crippen molar-refractivity contribution in [2.24, 2.45) is 17.3 Å². The fourth-order valence-electron chi connectivity index (χ4n) is 6.38. The Balaban J connectivity index is 1.51. The average Bonchev–Trinajstić information content (AvgIpc) is 3.57. The number of Topliss-reactive ketones (excluding diaryl/α,β-unsaturated/α-hetero) is 1. The van der Waals surface area contributed by atoms with Gasteiger partial charge in [-0.05, 0) is 55.8 Å². The van der Waals surface area contributed by atoms with E-state index in [2.05, 4.69) is 31.2 Å². The summed E-state index contributed by atoms with van der Waals surface area (Å²) in [7, 11) is 0. The van der Waals surface area contributed by atoms with Gasteiger partial charge in [-0.25, -0.2) is 4.98 Å². The van der Waals surface area contributed by atoms with Gasteiger partial charge in [-0.1, -0.05) is 47.5 Å². The lowest BCUT2D eigenvalue weighted by atomic mass is 9.85. The number of aromatic nitrogens is 2. The van der Waals surface area contributed by atoms with Crippen LogP contribution in [0, 0.1) is 17.3 Å². The molecule has 3 fully saturated rings. The van der Waals surface area contributed by atoms with Crippen LogP contribution in [-0.4, -0.2) is 86.9 Å². The minimum absolute atomic E-state index is 0.0128. The molecular weight excluding hydrogens is 578 g/mol. The Morgan fingerprint density at radius 3 is 2.29 bits per heavy atom. The fraction of sp³-hybridized carbons (Fsp3) is 0.688. The van der Waals surface area contributed by atoms with E-state index < -0.39 is 64.9 Å². The zero-order chi connectivity index (χ0) is 32.9. The van der Waals surface area contributed by atoms with Crippen LogP contribution in [0.4, 0.5) is 0 Å². The molecule has 0 radical (unpaired) electrons. The summed E-state index contributed by atoms with van der Waals surface area (Å²) in [5.74, 6) is -3.28. The maximum Gasteiger partial charge on any atom is 0.289 e. The van der Waals surface area contributed by atoms with Crippen molar-refractivity contribution in [2.45, 2.75) is 116 Å². The van der Waals surface area contributed by atoms with Crippen LogP contribution < -0.4 is 21.3 Å². The van der Waals surface area contributed by atoms with Crippen LogP contribution in [0.5, 0.6) is 0 Å². The van der Waals surface area contributed by atoms with Gasteiger partial charge in [0, 0.05) is 25.0 Å². The molecule has 3 aliphatic rings. The van der Waals surface area contributed by atoms with Gasteiger partial charge in [0.05, 0.1) is 12.2 Å². The van der Waals surface area contributed by atoms with E-state index in [9.17, 15) is 28.8 Å². The second-order valence-corrected chi connectivity index (χ2v) is 13.6. The number of carbonyl (C=O) groups excluding carboxylic acids is 6. The van der Waals surface area contributed by atoms with Crippen LogP contribution in [-0.2, 0) is 24.0 Å². The predicted octanol–water partition coefficient (Wildman–Crippen LogP) is 1.28. The van der Waals surface area contributed by atoms with Gasteiger partial charge in [0.2, 0.25) is 23.5 Å². The van der Waals surface area contributed by atoms with Gasteiger partial charge in [0.15, 0.2) is 0 Å². The van der Waals surface area contributed by atoms with Gasteiger partial charge in [-0.2, -0.15) is 0 Å². The molecule has 4 rings (SSSR count). The predicted molar refractivity (Wildman–Crippen MR) is 164 cm³/mol. The van der Waals surface area contributed by atoms with Crippen molar-refractivity contribution in [3.05, 3.63) is 24.3 Å². The van der Waals surface area contributed by atoms with Crippen molar-refractivity contribution in [2.75, 3.05) is 6.54 Å². The van der Waals surface area contributed by atoms with Crippen molar-refractivity contribution < 1.29 is 28.8 Å². The van der Waals surface area contributed by atoms with Gasteiger partial charge < -0.3 is 26.2 Å². The Morgan fingerprint density at radius 1 is 0.956 bits per heavy atom. The number of nitrogens with zero attached hydrogens (tertiary/aromatic N) is 3. The van der Waals surface area contributed by atoms with Crippen molar-refractivity contribution in [1.82, 2.24) is 36.1 Å². The number of hydrogen-bond acceptors (Lipinski definition) is 8. The molecule has 1 saturated heterocycles. The molecule has 45 heavy (non-hydrogen) atoms. The van der Waals surface area contributed by atoms with Crippen LogP contribution in [0.1, 0.15) is 96.5 Å². The topological polar surface area (TPSA) is 180 Å². The lowest BCUT2D eigenvalue weighted by Gasteiger charge is -2.37. The zero-order valence-electron chi connectivity index (χ0n) is 26.9. The summed E-state index contributed by atoms with van der Waals surface area (Å²) < 4.78 is 0. The van der Waals surface area contributed by atoms with E-state index in [0.717, 1.165) is 32.1 Å². The second-order valence-electron chi connectivity index (χ2n) is 13.6. The number of amides is 5. The molecule has 1 aliphatic heterocycles.